The lowest BCUT2D eigenvalue weighted by Crippen LogP contribution is -2.33. The molecule has 4 heteroatoms. The molecule has 4 nitrogen and oxygen atoms in total. The van der Waals surface area contributed by atoms with Crippen molar-refractivity contribution >= 4 is 5.97 Å². The number of phenols is 1. The van der Waals surface area contributed by atoms with Gasteiger partial charge < -0.3 is 14.9 Å². The Bertz CT molecular complexity index is 680. The van der Waals surface area contributed by atoms with Gasteiger partial charge in [-0.05, 0) is 30.5 Å². The van der Waals surface area contributed by atoms with E-state index in [1.54, 1.807) is 19.1 Å². The van der Waals surface area contributed by atoms with Crippen LogP contribution in [-0.2, 0) is 21.6 Å². The number of ether oxygens (including phenoxy) is 1. The predicted octanol–water partition coefficient (Wildman–Crippen LogP) is 2.69. The van der Waals surface area contributed by atoms with E-state index >= 15 is 0 Å². The minimum absolute atomic E-state index is 0.159. The predicted molar refractivity (Wildman–Crippen MR) is 77.5 cm³/mol. The first-order valence-corrected chi connectivity index (χ1v) is 7.06. The lowest BCUT2D eigenvalue weighted by molar-refractivity contribution is -0.137. The molecule has 0 heterocycles. The van der Waals surface area contributed by atoms with Crippen LogP contribution in [0.3, 0.4) is 0 Å². The number of esters is 1. The van der Waals surface area contributed by atoms with E-state index in [1.807, 2.05) is 12.1 Å². The highest BCUT2D eigenvalue weighted by Crippen LogP contribution is 2.47. The van der Waals surface area contributed by atoms with E-state index in [9.17, 15) is 15.0 Å². The van der Waals surface area contributed by atoms with Crippen LogP contribution in [0.15, 0.2) is 41.2 Å². The van der Waals surface area contributed by atoms with Gasteiger partial charge in [0.2, 0.25) is 0 Å². The number of rotatable bonds is 1. The number of hydrogen-bond donors (Lipinski definition) is 2. The number of fused-ring (bicyclic) bond motifs is 2. The van der Waals surface area contributed by atoms with Crippen molar-refractivity contribution in [2.75, 3.05) is 0 Å². The molecule has 1 unspecified atom stereocenters. The van der Waals surface area contributed by atoms with E-state index in [0.29, 0.717) is 29.7 Å². The highest BCUT2D eigenvalue weighted by Gasteiger charge is 2.40. The smallest absolute Gasteiger partial charge is 0.307 e. The van der Waals surface area contributed by atoms with Gasteiger partial charge in [0.05, 0.1) is 0 Å². The number of hydrogen-bond acceptors (Lipinski definition) is 4. The van der Waals surface area contributed by atoms with Gasteiger partial charge in [-0.3, -0.25) is 4.79 Å². The van der Waals surface area contributed by atoms with Gasteiger partial charge in [-0.25, -0.2) is 0 Å². The number of benzene rings is 1. The van der Waals surface area contributed by atoms with Crippen molar-refractivity contribution < 1.29 is 19.7 Å². The van der Waals surface area contributed by atoms with E-state index in [1.165, 1.54) is 6.92 Å². The van der Waals surface area contributed by atoms with Crippen LogP contribution in [0.2, 0.25) is 0 Å². The van der Waals surface area contributed by atoms with Gasteiger partial charge in [0.25, 0.3) is 0 Å². The van der Waals surface area contributed by atoms with Crippen LogP contribution in [0.5, 0.6) is 5.75 Å². The molecule has 1 aromatic rings. The number of carbonyl (C=O) groups is 1. The summed E-state index contributed by atoms with van der Waals surface area (Å²) in [6, 6.07) is 5.17. The zero-order valence-electron chi connectivity index (χ0n) is 12.1. The molecule has 0 radical (unpaired) electrons. The summed E-state index contributed by atoms with van der Waals surface area (Å²) in [5.41, 5.74) is 1.81. The molecule has 3 rings (SSSR count). The molecule has 1 atom stereocenters. The van der Waals surface area contributed by atoms with Crippen molar-refractivity contribution in [3.05, 3.63) is 52.3 Å². The molecule has 110 valence electrons. The lowest BCUT2D eigenvalue weighted by Gasteiger charge is -2.38. The zero-order chi connectivity index (χ0) is 15.2. The maximum Gasteiger partial charge on any atom is 0.307 e. The van der Waals surface area contributed by atoms with Crippen LogP contribution in [0.4, 0.5) is 0 Å². The number of carbonyl (C=O) groups excluding carboxylic acids is 1. The number of allylic oxidation sites excluding steroid dienone is 2. The Morgan fingerprint density at radius 1 is 1.38 bits per heavy atom. The minimum Gasteiger partial charge on any atom is -0.508 e. The molecular weight excluding hydrogens is 268 g/mol. The van der Waals surface area contributed by atoms with E-state index in [-0.39, 0.29) is 11.7 Å². The molecule has 0 bridgehead atoms. The fourth-order valence-corrected chi connectivity index (χ4v) is 3.28. The van der Waals surface area contributed by atoms with Gasteiger partial charge >= 0.3 is 5.97 Å². The Morgan fingerprint density at radius 3 is 2.86 bits per heavy atom. The summed E-state index contributed by atoms with van der Waals surface area (Å²) in [7, 11) is 0. The van der Waals surface area contributed by atoms with Crippen LogP contribution in [-0.4, -0.2) is 16.2 Å². The van der Waals surface area contributed by atoms with E-state index in [4.69, 9.17) is 4.74 Å². The molecule has 0 amide bonds. The quantitative estimate of drug-likeness (QED) is 0.779. The molecule has 0 spiro atoms. The van der Waals surface area contributed by atoms with Crippen molar-refractivity contribution in [3.8, 4) is 5.75 Å². The van der Waals surface area contributed by atoms with Gasteiger partial charge in [-0.1, -0.05) is 18.2 Å². The normalized spacial score (nSPS) is 24.0. The highest BCUT2D eigenvalue weighted by atomic mass is 16.5. The summed E-state index contributed by atoms with van der Waals surface area (Å²) in [5.74, 6) is 0.405. The standard InChI is InChI=1S/C17H18O4/c1-10(18)21-16-8-4-6-14-12(16)9-11-13(17(14,2)20)5-3-7-15(11)19/h3,5-7,19-20H,4,8-9H2,1-2H3. The Morgan fingerprint density at radius 2 is 2.14 bits per heavy atom. The Kier molecular flexibility index (Phi) is 3.14. The van der Waals surface area contributed by atoms with Gasteiger partial charge in [0.1, 0.15) is 17.1 Å². The fourth-order valence-electron chi connectivity index (χ4n) is 3.28. The summed E-state index contributed by atoms with van der Waals surface area (Å²) >= 11 is 0. The molecule has 0 aliphatic heterocycles. The molecule has 21 heavy (non-hydrogen) atoms. The SMILES string of the molecule is CC(=O)OC1=C2Cc3c(O)cccc3C(C)(O)C2=CCC1. The van der Waals surface area contributed by atoms with Gasteiger partial charge in [-0.15, -0.1) is 0 Å². The third-order valence-electron chi connectivity index (χ3n) is 4.20. The highest BCUT2D eigenvalue weighted by molar-refractivity contribution is 5.68. The minimum atomic E-state index is -1.19. The van der Waals surface area contributed by atoms with Crippen LogP contribution in [0.1, 0.15) is 37.8 Å². The van der Waals surface area contributed by atoms with Crippen LogP contribution >= 0.6 is 0 Å². The lowest BCUT2D eigenvalue weighted by atomic mass is 9.71. The van der Waals surface area contributed by atoms with Crippen LogP contribution < -0.4 is 0 Å². The van der Waals surface area contributed by atoms with E-state index in [0.717, 1.165) is 17.6 Å². The van der Waals surface area contributed by atoms with E-state index < -0.39 is 5.60 Å². The third-order valence-corrected chi connectivity index (χ3v) is 4.20. The molecule has 2 aliphatic rings. The summed E-state index contributed by atoms with van der Waals surface area (Å²) in [6.07, 6.45) is 3.82. The van der Waals surface area contributed by atoms with Crippen molar-refractivity contribution in [2.24, 2.45) is 0 Å². The maximum atomic E-state index is 11.3. The summed E-state index contributed by atoms with van der Waals surface area (Å²) in [4.78, 5) is 11.3. The van der Waals surface area contributed by atoms with Crippen LogP contribution in [0, 0.1) is 0 Å². The summed E-state index contributed by atoms with van der Waals surface area (Å²) < 4.78 is 5.32. The first kappa shape index (κ1) is 13.9. The molecule has 0 saturated heterocycles. The van der Waals surface area contributed by atoms with Crippen molar-refractivity contribution in [3.63, 3.8) is 0 Å². The molecule has 0 fully saturated rings. The molecule has 0 saturated carbocycles. The molecule has 2 aliphatic carbocycles. The first-order valence-electron chi connectivity index (χ1n) is 7.06. The van der Waals surface area contributed by atoms with E-state index in [2.05, 4.69) is 0 Å². The number of phenolic OH excluding ortho intramolecular Hbond substituents is 1. The van der Waals surface area contributed by atoms with Gasteiger partial charge in [0.15, 0.2) is 0 Å². The Labute approximate surface area is 123 Å². The third kappa shape index (κ3) is 2.16. The van der Waals surface area contributed by atoms with Gasteiger partial charge in [0, 0.05) is 30.9 Å². The first-order chi connectivity index (χ1) is 9.91. The largest absolute Gasteiger partial charge is 0.508 e. The monoisotopic (exact) mass is 286 g/mol. The number of aliphatic hydroxyl groups is 1. The van der Waals surface area contributed by atoms with Crippen molar-refractivity contribution in [2.45, 2.75) is 38.7 Å². The second kappa shape index (κ2) is 4.74. The van der Waals surface area contributed by atoms with Gasteiger partial charge in [-0.2, -0.15) is 0 Å². The maximum absolute atomic E-state index is 11.3. The molecule has 0 aromatic heterocycles. The Balaban J connectivity index is 2.20. The number of aromatic hydroxyl groups is 1. The average Bonchev–Trinajstić information content (AvgIpc) is 2.40. The zero-order valence-corrected chi connectivity index (χ0v) is 12.1. The molecule has 2 N–H and O–H groups in total. The second-order valence-corrected chi connectivity index (χ2v) is 5.70. The van der Waals surface area contributed by atoms with Crippen molar-refractivity contribution in [1.82, 2.24) is 0 Å². The molecular formula is C17H18O4. The fraction of sp³-hybridized carbons (Fsp3) is 0.353. The second-order valence-electron chi connectivity index (χ2n) is 5.70. The summed E-state index contributed by atoms with van der Waals surface area (Å²) in [6.45, 7) is 3.09. The average molecular weight is 286 g/mol. The topological polar surface area (TPSA) is 66.8 Å². The van der Waals surface area contributed by atoms with Crippen molar-refractivity contribution in [1.29, 1.82) is 0 Å². The Hall–Kier alpha value is -2.07. The van der Waals surface area contributed by atoms with Crippen LogP contribution in [0.25, 0.3) is 0 Å². The summed E-state index contributed by atoms with van der Waals surface area (Å²) in [5, 5.41) is 21.0. The molecule has 1 aromatic carbocycles.